The summed E-state index contributed by atoms with van der Waals surface area (Å²) in [6, 6.07) is 12.0. The highest BCUT2D eigenvalue weighted by atomic mass is 32.1. The lowest BCUT2D eigenvalue weighted by Gasteiger charge is -2.01. The zero-order chi connectivity index (χ0) is 14.9. The zero-order valence-electron chi connectivity index (χ0n) is 12.0. The Morgan fingerprint density at radius 3 is 2.77 bits per heavy atom. The standard InChI is InChI=1S/C17H13N3OS/c1-2-14-19-12-8-9-22-16(12)15(20-14)17-18-10-13(21-17)11-6-4-3-5-7-11/h3-10H,2H2,1H3. The number of oxazole rings is 1. The fourth-order valence-electron chi connectivity index (χ4n) is 2.33. The van der Waals surface area contributed by atoms with Gasteiger partial charge in [0.25, 0.3) is 0 Å². The largest absolute Gasteiger partial charge is 0.435 e. The van der Waals surface area contributed by atoms with Gasteiger partial charge in [0.05, 0.1) is 16.4 Å². The number of fused-ring (bicyclic) bond motifs is 1. The van der Waals surface area contributed by atoms with E-state index in [4.69, 9.17) is 4.42 Å². The minimum Gasteiger partial charge on any atom is -0.435 e. The molecule has 5 heteroatoms. The van der Waals surface area contributed by atoms with Gasteiger partial charge in [-0.25, -0.2) is 15.0 Å². The van der Waals surface area contributed by atoms with Crippen LogP contribution in [0, 0.1) is 0 Å². The number of aromatic nitrogens is 3. The molecule has 0 fully saturated rings. The molecule has 3 heterocycles. The molecule has 4 aromatic rings. The highest BCUT2D eigenvalue weighted by Gasteiger charge is 2.16. The molecule has 3 aromatic heterocycles. The fourth-order valence-corrected chi connectivity index (χ4v) is 3.15. The maximum absolute atomic E-state index is 5.94. The van der Waals surface area contributed by atoms with E-state index in [1.54, 1.807) is 17.5 Å². The van der Waals surface area contributed by atoms with Gasteiger partial charge in [0.2, 0.25) is 5.89 Å². The van der Waals surface area contributed by atoms with Crippen molar-refractivity contribution < 1.29 is 4.42 Å². The molecule has 0 spiro atoms. The second kappa shape index (κ2) is 5.35. The van der Waals surface area contributed by atoms with Crippen molar-refractivity contribution in [1.82, 2.24) is 15.0 Å². The summed E-state index contributed by atoms with van der Waals surface area (Å²) < 4.78 is 6.95. The number of thiophene rings is 1. The average molecular weight is 307 g/mol. The van der Waals surface area contributed by atoms with Gasteiger partial charge in [-0.1, -0.05) is 37.3 Å². The first-order valence-electron chi connectivity index (χ1n) is 7.11. The lowest BCUT2D eigenvalue weighted by molar-refractivity contribution is 0.586. The van der Waals surface area contributed by atoms with Gasteiger partial charge in [0, 0.05) is 12.0 Å². The second-order valence-electron chi connectivity index (χ2n) is 4.87. The SMILES string of the molecule is CCc1nc(-c2ncc(-c3ccccc3)o2)c2sccc2n1. The Kier molecular flexibility index (Phi) is 3.20. The summed E-state index contributed by atoms with van der Waals surface area (Å²) in [5.74, 6) is 2.10. The molecule has 0 N–H and O–H groups in total. The van der Waals surface area contributed by atoms with Gasteiger partial charge in [-0.05, 0) is 11.4 Å². The number of benzene rings is 1. The molecule has 4 nitrogen and oxygen atoms in total. The van der Waals surface area contributed by atoms with Crippen LogP contribution in [0.4, 0.5) is 0 Å². The third-order valence-electron chi connectivity index (χ3n) is 3.43. The monoisotopic (exact) mass is 307 g/mol. The zero-order valence-corrected chi connectivity index (χ0v) is 12.8. The smallest absolute Gasteiger partial charge is 0.247 e. The van der Waals surface area contributed by atoms with E-state index < -0.39 is 0 Å². The molecule has 0 bridgehead atoms. The number of rotatable bonds is 3. The van der Waals surface area contributed by atoms with Crippen LogP contribution >= 0.6 is 11.3 Å². The maximum Gasteiger partial charge on any atom is 0.247 e. The van der Waals surface area contributed by atoms with Crippen molar-refractivity contribution >= 4 is 21.6 Å². The van der Waals surface area contributed by atoms with Crippen LogP contribution in [-0.4, -0.2) is 15.0 Å². The molecule has 1 aromatic carbocycles. The van der Waals surface area contributed by atoms with Crippen molar-refractivity contribution in [2.75, 3.05) is 0 Å². The van der Waals surface area contributed by atoms with Gasteiger partial charge >= 0.3 is 0 Å². The average Bonchev–Trinajstić information content (AvgIpc) is 3.24. The van der Waals surface area contributed by atoms with Crippen LogP contribution in [0.15, 0.2) is 52.4 Å². The normalized spacial score (nSPS) is 11.1. The molecule has 108 valence electrons. The number of nitrogens with zero attached hydrogens (tertiary/aromatic N) is 3. The number of hydrogen-bond donors (Lipinski definition) is 0. The summed E-state index contributed by atoms with van der Waals surface area (Å²) in [4.78, 5) is 13.6. The fraction of sp³-hybridized carbons (Fsp3) is 0.118. The van der Waals surface area contributed by atoms with Crippen molar-refractivity contribution in [3.8, 4) is 22.9 Å². The van der Waals surface area contributed by atoms with Crippen LogP contribution in [0.25, 0.3) is 33.1 Å². The summed E-state index contributed by atoms with van der Waals surface area (Å²) in [7, 11) is 0. The Morgan fingerprint density at radius 1 is 1.09 bits per heavy atom. The molecule has 0 radical (unpaired) electrons. The van der Waals surface area contributed by atoms with Gasteiger partial charge < -0.3 is 4.42 Å². The molecule has 0 amide bonds. The predicted octanol–water partition coefficient (Wildman–Crippen LogP) is 4.58. The van der Waals surface area contributed by atoms with E-state index in [-0.39, 0.29) is 0 Å². The van der Waals surface area contributed by atoms with E-state index in [0.29, 0.717) is 5.89 Å². The third-order valence-corrected chi connectivity index (χ3v) is 4.34. The van der Waals surface area contributed by atoms with E-state index in [9.17, 15) is 0 Å². The Morgan fingerprint density at radius 2 is 1.95 bits per heavy atom. The first kappa shape index (κ1) is 13.2. The van der Waals surface area contributed by atoms with Crippen molar-refractivity contribution in [3.63, 3.8) is 0 Å². The van der Waals surface area contributed by atoms with Gasteiger partial charge in [0.1, 0.15) is 11.5 Å². The third kappa shape index (κ3) is 2.19. The molecule has 0 aliphatic heterocycles. The van der Waals surface area contributed by atoms with Crippen LogP contribution < -0.4 is 0 Å². The summed E-state index contributed by atoms with van der Waals surface area (Å²) in [6.45, 7) is 2.04. The first-order valence-corrected chi connectivity index (χ1v) is 7.99. The highest BCUT2D eigenvalue weighted by Crippen LogP contribution is 2.32. The van der Waals surface area contributed by atoms with E-state index in [1.165, 1.54) is 0 Å². The topological polar surface area (TPSA) is 51.8 Å². The summed E-state index contributed by atoms with van der Waals surface area (Å²) in [5, 5.41) is 2.02. The Balaban J connectivity index is 1.86. The molecule has 0 saturated heterocycles. The Hall–Kier alpha value is -2.53. The van der Waals surface area contributed by atoms with Gasteiger partial charge in [0.15, 0.2) is 5.76 Å². The summed E-state index contributed by atoms with van der Waals surface area (Å²) in [5.41, 5.74) is 2.73. The van der Waals surface area contributed by atoms with Crippen LogP contribution in [0.1, 0.15) is 12.7 Å². The first-order chi connectivity index (χ1) is 10.8. The molecular formula is C17H13N3OS. The van der Waals surface area contributed by atoms with Gasteiger partial charge in [-0.3, -0.25) is 0 Å². The molecule has 4 rings (SSSR count). The van der Waals surface area contributed by atoms with Crippen LogP contribution in [0.3, 0.4) is 0 Å². The number of hydrogen-bond acceptors (Lipinski definition) is 5. The quantitative estimate of drug-likeness (QED) is 0.556. The van der Waals surface area contributed by atoms with Crippen molar-refractivity contribution in [1.29, 1.82) is 0 Å². The molecule has 0 unspecified atom stereocenters. The van der Waals surface area contributed by atoms with Crippen molar-refractivity contribution in [2.45, 2.75) is 13.3 Å². The molecular weight excluding hydrogens is 294 g/mol. The Bertz CT molecular complexity index is 927. The summed E-state index contributed by atoms with van der Waals surface area (Å²) >= 11 is 1.61. The lowest BCUT2D eigenvalue weighted by atomic mass is 10.2. The van der Waals surface area contributed by atoms with Crippen LogP contribution in [0.2, 0.25) is 0 Å². The van der Waals surface area contributed by atoms with E-state index in [0.717, 1.165) is 39.5 Å². The van der Waals surface area contributed by atoms with E-state index >= 15 is 0 Å². The predicted molar refractivity (Wildman–Crippen MR) is 87.7 cm³/mol. The molecule has 0 aliphatic rings. The Labute approximate surface area is 131 Å². The van der Waals surface area contributed by atoms with E-state index in [2.05, 4.69) is 15.0 Å². The van der Waals surface area contributed by atoms with Gasteiger partial charge in [-0.2, -0.15) is 0 Å². The lowest BCUT2D eigenvalue weighted by Crippen LogP contribution is -1.95. The highest BCUT2D eigenvalue weighted by molar-refractivity contribution is 7.17. The number of aryl methyl sites for hydroxylation is 1. The maximum atomic E-state index is 5.94. The van der Waals surface area contributed by atoms with Crippen molar-refractivity contribution in [3.05, 3.63) is 53.8 Å². The van der Waals surface area contributed by atoms with Crippen LogP contribution in [-0.2, 0) is 6.42 Å². The van der Waals surface area contributed by atoms with E-state index in [1.807, 2.05) is 48.7 Å². The second-order valence-corrected chi connectivity index (χ2v) is 5.79. The van der Waals surface area contributed by atoms with Crippen molar-refractivity contribution in [2.24, 2.45) is 0 Å². The minimum atomic E-state index is 0.545. The molecule has 0 saturated carbocycles. The molecule has 22 heavy (non-hydrogen) atoms. The minimum absolute atomic E-state index is 0.545. The summed E-state index contributed by atoms with van der Waals surface area (Å²) in [6.07, 6.45) is 2.53. The molecule has 0 atom stereocenters. The van der Waals surface area contributed by atoms with Crippen LogP contribution in [0.5, 0.6) is 0 Å². The van der Waals surface area contributed by atoms with Gasteiger partial charge in [-0.15, -0.1) is 11.3 Å². The molecule has 0 aliphatic carbocycles.